The van der Waals surface area contributed by atoms with Crippen LogP contribution in [0.4, 0.5) is 5.69 Å². The predicted molar refractivity (Wildman–Crippen MR) is 89.1 cm³/mol. The van der Waals surface area contributed by atoms with Crippen LogP contribution in [0.1, 0.15) is 44.5 Å². The Kier molecular flexibility index (Phi) is 4.82. The molecule has 4 heteroatoms. The second-order valence-corrected chi connectivity index (χ2v) is 7.26. The third kappa shape index (κ3) is 3.70. The van der Waals surface area contributed by atoms with Crippen molar-refractivity contribution in [2.45, 2.75) is 34.1 Å². The number of benzene rings is 1. The summed E-state index contributed by atoms with van der Waals surface area (Å²) < 4.78 is 0. The maximum atomic E-state index is 12.8. The summed E-state index contributed by atoms with van der Waals surface area (Å²) in [5, 5.41) is 3.85. The molecule has 1 heterocycles. The van der Waals surface area contributed by atoms with Gasteiger partial charge in [0.1, 0.15) is 0 Å². The molecular weight excluding hydrogens is 284 g/mol. The molecule has 1 aliphatic rings. The zero-order chi connectivity index (χ0) is 15.6. The van der Waals surface area contributed by atoms with Gasteiger partial charge in [-0.05, 0) is 42.9 Å². The summed E-state index contributed by atoms with van der Waals surface area (Å²) in [6.45, 7) is 11.2. The Morgan fingerprint density at radius 1 is 1.43 bits per heavy atom. The van der Waals surface area contributed by atoms with E-state index in [9.17, 15) is 4.79 Å². The summed E-state index contributed by atoms with van der Waals surface area (Å²) in [5.74, 6) is 0.642. The molecule has 0 aliphatic carbocycles. The molecule has 1 atom stereocenters. The van der Waals surface area contributed by atoms with E-state index in [0.29, 0.717) is 16.5 Å². The highest BCUT2D eigenvalue weighted by Crippen LogP contribution is 2.34. The molecule has 0 saturated carbocycles. The van der Waals surface area contributed by atoms with Crippen LogP contribution >= 0.6 is 11.6 Å². The molecule has 1 aromatic rings. The van der Waals surface area contributed by atoms with E-state index in [0.717, 1.165) is 31.7 Å². The smallest absolute Gasteiger partial charge is 0.256 e. The molecule has 0 spiro atoms. The molecule has 1 saturated heterocycles. The van der Waals surface area contributed by atoms with E-state index < -0.39 is 0 Å². The number of carbonyl (C=O) groups excluding carboxylic acids is 1. The molecule has 0 bridgehead atoms. The number of rotatable bonds is 3. The summed E-state index contributed by atoms with van der Waals surface area (Å²) in [6.07, 6.45) is 1.08. The first-order valence-electron chi connectivity index (χ1n) is 7.65. The predicted octanol–water partition coefficient (Wildman–Crippen LogP) is 4.28. The van der Waals surface area contributed by atoms with Gasteiger partial charge in [-0.25, -0.2) is 0 Å². The van der Waals surface area contributed by atoms with Gasteiger partial charge >= 0.3 is 0 Å². The lowest BCUT2D eigenvalue weighted by Crippen LogP contribution is -2.31. The van der Waals surface area contributed by atoms with E-state index in [1.165, 1.54) is 0 Å². The van der Waals surface area contributed by atoms with Crippen molar-refractivity contribution < 1.29 is 4.79 Å². The summed E-state index contributed by atoms with van der Waals surface area (Å²) in [5.41, 5.74) is 1.79. The Morgan fingerprint density at radius 3 is 2.71 bits per heavy atom. The topological polar surface area (TPSA) is 32.3 Å². The van der Waals surface area contributed by atoms with E-state index in [4.69, 9.17) is 11.6 Å². The van der Waals surface area contributed by atoms with E-state index >= 15 is 0 Å². The fraction of sp³-hybridized carbons (Fsp3) is 0.588. The first-order valence-corrected chi connectivity index (χ1v) is 8.03. The van der Waals surface area contributed by atoms with E-state index in [1.54, 1.807) is 6.07 Å². The van der Waals surface area contributed by atoms with Crippen molar-refractivity contribution >= 4 is 23.2 Å². The van der Waals surface area contributed by atoms with Crippen molar-refractivity contribution in [2.24, 2.45) is 11.3 Å². The van der Waals surface area contributed by atoms with Crippen molar-refractivity contribution in [1.82, 2.24) is 4.90 Å². The molecule has 1 amide bonds. The van der Waals surface area contributed by atoms with Gasteiger partial charge in [0.2, 0.25) is 0 Å². The van der Waals surface area contributed by atoms with Crippen LogP contribution in [0.25, 0.3) is 0 Å². The largest absolute Gasteiger partial charge is 0.385 e. The lowest BCUT2D eigenvalue weighted by atomic mass is 9.80. The number of carbonyl (C=O) groups is 1. The van der Waals surface area contributed by atoms with Crippen molar-refractivity contribution in [3.8, 4) is 0 Å². The Hall–Kier alpha value is -1.22. The minimum atomic E-state index is 0.0835. The van der Waals surface area contributed by atoms with Crippen molar-refractivity contribution in [1.29, 1.82) is 0 Å². The highest BCUT2D eigenvalue weighted by atomic mass is 35.5. The van der Waals surface area contributed by atoms with Crippen LogP contribution in [0.3, 0.4) is 0 Å². The number of nitrogens with zero attached hydrogens (tertiary/aromatic N) is 1. The summed E-state index contributed by atoms with van der Waals surface area (Å²) in [6, 6.07) is 5.47. The van der Waals surface area contributed by atoms with Crippen LogP contribution in [-0.4, -0.2) is 30.4 Å². The molecule has 1 fully saturated rings. The first kappa shape index (κ1) is 16.2. The molecule has 2 rings (SSSR count). The molecule has 0 radical (unpaired) electrons. The molecule has 3 nitrogen and oxygen atoms in total. The monoisotopic (exact) mass is 308 g/mol. The van der Waals surface area contributed by atoms with Gasteiger partial charge in [0, 0.05) is 30.3 Å². The van der Waals surface area contributed by atoms with Gasteiger partial charge in [-0.1, -0.05) is 32.4 Å². The first-order chi connectivity index (χ1) is 9.82. The SMILES string of the molecule is CCNc1ccc(Cl)cc1C(=O)N1CCC(C(C)(C)C)C1. The average molecular weight is 309 g/mol. The van der Waals surface area contributed by atoms with Crippen LogP contribution in [0.15, 0.2) is 18.2 Å². The zero-order valence-electron chi connectivity index (χ0n) is 13.4. The van der Waals surface area contributed by atoms with Crippen LogP contribution < -0.4 is 5.32 Å². The standard InChI is InChI=1S/C17H25ClN2O/c1-5-19-15-7-6-13(18)10-14(15)16(21)20-9-8-12(11-20)17(2,3)4/h6-7,10,12,19H,5,8-9,11H2,1-4H3. The highest BCUT2D eigenvalue weighted by Gasteiger charge is 2.34. The average Bonchev–Trinajstić information content (AvgIpc) is 2.90. The lowest BCUT2D eigenvalue weighted by molar-refractivity contribution is 0.0777. The maximum Gasteiger partial charge on any atom is 0.256 e. The molecule has 1 aliphatic heterocycles. The lowest BCUT2D eigenvalue weighted by Gasteiger charge is -2.27. The summed E-state index contributed by atoms with van der Waals surface area (Å²) in [4.78, 5) is 14.8. The van der Waals surface area contributed by atoms with Crippen LogP contribution in [-0.2, 0) is 0 Å². The van der Waals surface area contributed by atoms with E-state index in [1.807, 2.05) is 24.0 Å². The van der Waals surface area contributed by atoms with Gasteiger partial charge in [-0.2, -0.15) is 0 Å². The van der Waals surface area contributed by atoms with Gasteiger partial charge in [-0.3, -0.25) is 4.79 Å². The van der Waals surface area contributed by atoms with E-state index in [-0.39, 0.29) is 11.3 Å². The number of likely N-dealkylation sites (tertiary alicyclic amines) is 1. The number of halogens is 1. The second-order valence-electron chi connectivity index (χ2n) is 6.82. The fourth-order valence-electron chi connectivity index (χ4n) is 2.86. The van der Waals surface area contributed by atoms with Crippen molar-refractivity contribution in [3.05, 3.63) is 28.8 Å². The zero-order valence-corrected chi connectivity index (χ0v) is 14.1. The number of nitrogens with one attached hydrogen (secondary N) is 1. The van der Waals surface area contributed by atoms with Gasteiger partial charge in [0.25, 0.3) is 5.91 Å². The summed E-state index contributed by atoms with van der Waals surface area (Å²) in [7, 11) is 0. The molecule has 116 valence electrons. The van der Waals surface area contributed by atoms with Crippen molar-refractivity contribution in [2.75, 3.05) is 25.0 Å². The second kappa shape index (κ2) is 6.27. The third-order valence-electron chi connectivity index (χ3n) is 4.28. The quantitative estimate of drug-likeness (QED) is 0.904. The van der Waals surface area contributed by atoms with Crippen LogP contribution in [0.2, 0.25) is 5.02 Å². The molecular formula is C17H25ClN2O. The van der Waals surface area contributed by atoms with Crippen LogP contribution in [0.5, 0.6) is 0 Å². The fourth-order valence-corrected chi connectivity index (χ4v) is 3.03. The Labute approximate surface area is 132 Å². The number of amides is 1. The Bertz CT molecular complexity index is 522. The molecule has 1 N–H and O–H groups in total. The maximum absolute atomic E-state index is 12.8. The molecule has 21 heavy (non-hydrogen) atoms. The van der Waals surface area contributed by atoms with Gasteiger partial charge in [-0.15, -0.1) is 0 Å². The van der Waals surface area contributed by atoms with E-state index in [2.05, 4.69) is 26.1 Å². The minimum absolute atomic E-state index is 0.0835. The van der Waals surface area contributed by atoms with Crippen LogP contribution in [0, 0.1) is 11.3 Å². The summed E-state index contributed by atoms with van der Waals surface area (Å²) >= 11 is 6.07. The normalized spacial score (nSPS) is 18.9. The molecule has 1 unspecified atom stereocenters. The van der Waals surface area contributed by atoms with Crippen molar-refractivity contribution in [3.63, 3.8) is 0 Å². The minimum Gasteiger partial charge on any atom is -0.385 e. The molecule has 0 aromatic heterocycles. The molecule has 1 aromatic carbocycles. The van der Waals surface area contributed by atoms with Gasteiger partial charge in [0.05, 0.1) is 5.56 Å². The third-order valence-corrected chi connectivity index (χ3v) is 4.51. The van der Waals surface area contributed by atoms with Gasteiger partial charge < -0.3 is 10.2 Å². The Balaban J connectivity index is 2.19. The number of hydrogen-bond acceptors (Lipinski definition) is 2. The van der Waals surface area contributed by atoms with Gasteiger partial charge in [0.15, 0.2) is 0 Å². The number of anilines is 1. The Morgan fingerprint density at radius 2 is 2.14 bits per heavy atom. The number of hydrogen-bond donors (Lipinski definition) is 1. The highest BCUT2D eigenvalue weighted by molar-refractivity contribution is 6.31.